The molecule has 2 rings (SSSR count). The molecule has 1 atom stereocenters. The third kappa shape index (κ3) is 2.62. The van der Waals surface area contributed by atoms with Gasteiger partial charge in [0.25, 0.3) is 0 Å². The van der Waals surface area contributed by atoms with E-state index in [-0.39, 0.29) is 0 Å². The molecule has 0 spiro atoms. The van der Waals surface area contributed by atoms with E-state index in [9.17, 15) is 0 Å². The molecule has 0 radical (unpaired) electrons. The van der Waals surface area contributed by atoms with Crippen LogP contribution in [0.3, 0.4) is 0 Å². The molecule has 1 heterocycles. The van der Waals surface area contributed by atoms with Crippen molar-refractivity contribution < 1.29 is 0 Å². The summed E-state index contributed by atoms with van der Waals surface area (Å²) in [5, 5.41) is 0. The fraction of sp³-hybridized carbons (Fsp3) is 0.727. The molecule has 4 heteroatoms. The zero-order chi connectivity index (χ0) is 10.5. The smallest absolute Gasteiger partial charge is 0.122 e. The Morgan fingerprint density at radius 3 is 2.47 bits per heavy atom. The average molecular weight is 221 g/mol. The van der Waals surface area contributed by atoms with Gasteiger partial charge in [-0.15, -0.1) is 0 Å². The second-order valence-corrected chi connectivity index (χ2v) is 7.90. The normalized spacial score (nSPS) is 20.1. The van der Waals surface area contributed by atoms with Crippen molar-refractivity contribution in [2.24, 2.45) is 0 Å². The fourth-order valence-electron chi connectivity index (χ4n) is 2.70. The third-order valence-corrected chi connectivity index (χ3v) is 7.15. The molecule has 0 aliphatic heterocycles. The molecule has 0 saturated heterocycles. The Labute approximate surface area is 93.0 Å². The van der Waals surface area contributed by atoms with Crippen LogP contribution in [0.5, 0.6) is 0 Å². The highest BCUT2D eigenvalue weighted by atomic mass is 28.3. The Hall–Kier alpha value is -0.773. The van der Waals surface area contributed by atoms with Gasteiger partial charge in [0, 0.05) is 0 Å². The lowest BCUT2D eigenvalue weighted by atomic mass is 10.0. The lowest BCUT2D eigenvalue weighted by Crippen LogP contribution is -2.39. The zero-order valence-corrected chi connectivity index (χ0v) is 10.5. The summed E-state index contributed by atoms with van der Waals surface area (Å²) in [4.78, 5) is 12.6. The molecule has 1 unspecified atom stereocenters. The SMILES string of the molecule is CC[SiH](c1ncncn1)C1CCCCC1. The first kappa shape index (κ1) is 10.7. The summed E-state index contributed by atoms with van der Waals surface area (Å²) < 4.78 is 0. The van der Waals surface area contributed by atoms with Crippen molar-refractivity contribution in [3.63, 3.8) is 0 Å². The van der Waals surface area contributed by atoms with Crippen molar-refractivity contribution in [3.8, 4) is 0 Å². The van der Waals surface area contributed by atoms with Crippen LogP contribution in [0.2, 0.25) is 11.6 Å². The van der Waals surface area contributed by atoms with Crippen molar-refractivity contribution in [1.82, 2.24) is 15.0 Å². The van der Waals surface area contributed by atoms with Gasteiger partial charge < -0.3 is 0 Å². The topological polar surface area (TPSA) is 38.7 Å². The third-order valence-electron chi connectivity index (χ3n) is 3.50. The van der Waals surface area contributed by atoms with Gasteiger partial charge >= 0.3 is 0 Å². The highest BCUT2D eigenvalue weighted by Crippen LogP contribution is 2.31. The van der Waals surface area contributed by atoms with Gasteiger partial charge in [-0.2, -0.15) is 0 Å². The molecule has 1 fully saturated rings. The van der Waals surface area contributed by atoms with Crippen LogP contribution >= 0.6 is 0 Å². The van der Waals surface area contributed by atoms with Crippen LogP contribution in [0.25, 0.3) is 0 Å². The summed E-state index contributed by atoms with van der Waals surface area (Å²) >= 11 is 0. The van der Waals surface area contributed by atoms with E-state index in [0.717, 1.165) is 11.0 Å². The first-order chi connectivity index (χ1) is 7.42. The molecule has 15 heavy (non-hydrogen) atoms. The molecule has 0 amide bonds. The van der Waals surface area contributed by atoms with Crippen LogP contribution in [0.4, 0.5) is 0 Å². The molecule has 1 aromatic rings. The first-order valence-electron chi connectivity index (χ1n) is 6.03. The highest BCUT2D eigenvalue weighted by molar-refractivity contribution is 6.72. The van der Waals surface area contributed by atoms with E-state index in [1.165, 1.54) is 38.1 Å². The van der Waals surface area contributed by atoms with Crippen molar-refractivity contribution in [1.29, 1.82) is 0 Å². The second-order valence-electron chi connectivity index (χ2n) is 4.41. The van der Waals surface area contributed by atoms with E-state index in [2.05, 4.69) is 21.9 Å². The number of hydrogen-bond acceptors (Lipinski definition) is 3. The van der Waals surface area contributed by atoms with Gasteiger partial charge in [0.15, 0.2) is 0 Å². The van der Waals surface area contributed by atoms with Crippen LogP contribution in [0.15, 0.2) is 12.7 Å². The van der Waals surface area contributed by atoms with Crippen molar-refractivity contribution in [2.75, 3.05) is 0 Å². The van der Waals surface area contributed by atoms with Crippen LogP contribution in [0.1, 0.15) is 39.0 Å². The Bertz CT molecular complexity index is 285. The molecule has 1 saturated carbocycles. The van der Waals surface area contributed by atoms with E-state index in [1.54, 1.807) is 12.7 Å². The van der Waals surface area contributed by atoms with Gasteiger partial charge in [-0.05, 0) is 5.54 Å². The second kappa shape index (κ2) is 5.35. The van der Waals surface area contributed by atoms with Gasteiger partial charge in [0.2, 0.25) is 0 Å². The summed E-state index contributed by atoms with van der Waals surface area (Å²) in [5.74, 6) is 0. The average Bonchev–Trinajstić information content (AvgIpc) is 2.33. The van der Waals surface area contributed by atoms with Gasteiger partial charge in [0.1, 0.15) is 26.9 Å². The predicted molar refractivity (Wildman–Crippen MR) is 63.9 cm³/mol. The Morgan fingerprint density at radius 1 is 1.20 bits per heavy atom. The lowest BCUT2D eigenvalue weighted by Gasteiger charge is -2.27. The van der Waals surface area contributed by atoms with Crippen molar-refractivity contribution in [3.05, 3.63) is 12.7 Å². The molecule has 1 aliphatic carbocycles. The van der Waals surface area contributed by atoms with Crippen LogP contribution in [-0.4, -0.2) is 23.7 Å². The molecular weight excluding hydrogens is 202 g/mol. The molecule has 3 nitrogen and oxygen atoms in total. The molecular formula is C11H19N3Si. The Balaban J connectivity index is 2.09. The summed E-state index contributed by atoms with van der Waals surface area (Å²) in [6.07, 6.45) is 10.4. The van der Waals surface area contributed by atoms with Crippen LogP contribution in [-0.2, 0) is 0 Å². The molecule has 82 valence electrons. The van der Waals surface area contributed by atoms with E-state index < -0.39 is 8.80 Å². The monoisotopic (exact) mass is 221 g/mol. The van der Waals surface area contributed by atoms with E-state index in [4.69, 9.17) is 0 Å². The summed E-state index contributed by atoms with van der Waals surface area (Å²) in [5.41, 5.74) is 2.07. The van der Waals surface area contributed by atoms with Crippen LogP contribution < -0.4 is 5.45 Å². The van der Waals surface area contributed by atoms with Crippen LogP contribution in [0, 0.1) is 0 Å². The predicted octanol–water partition coefficient (Wildman–Crippen LogP) is 1.66. The van der Waals surface area contributed by atoms with Gasteiger partial charge in [-0.3, -0.25) is 0 Å². The summed E-state index contributed by atoms with van der Waals surface area (Å²) in [6.45, 7) is 2.30. The van der Waals surface area contributed by atoms with E-state index in [0.29, 0.717) is 0 Å². The molecule has 0 N–H and O–H groups in total. The standard InChI is InChI=1S/C11H19N3Si/c1-2-15(10-6-4-3-5-7-10)11-13-8-12-9-14-11/h8-10,15H,2-7H2,1H3. The number of nitrogens with zero attached hydrogens (tertiary/aromatic N) is 3. The van der Waals surface area contributed by atoms with Gasteiger partial charge in [-0.25, -0.2) is 15.0 Å². The fourth-order valence-corrected chi connectivity index (χ4v) is 5.95. The maximum absolute atomic E-state index is 4.36. The minimum atomic E-state index is -0.915. The lowest BCUT2D eigenvalue weighted by molar-refractivity contribution is 0.497. The number of aromatic nitrogens is 3. The Kier molecular flexibility index (Phi) is 3.83. The summed E-state index contributed by atoms with van der Waals surface area (Å²) in [7, 11) is -0.915. The largest absolute Gasteiger partial charge is 0.227 e. The molecule has 0 bridgehead atoms. The Morgan fingerprint density at radius 2 is 1.87 bits per heavy atom. The quantitative estimate of drug-likeness (QED) is 0.729. The first-order valence-corrected chi connectivity index (χ1v) is 8.09. The van der Waals surface area contributed by atoms with Crippen molar-refractivity contribution >= 4 is 14.2 Å². The maximum Gasteiger partial charge on any atom is 0.122 e. The highest BCUT2D eigenvalue weighted by Gasteiger charge is 2.27. The number of hydrogen-bond donors (Lipinski definition) is 0. The molecule has 1 aliphatic rings. The van der Waals surface area contributed by atoms with E-state index in [1.807, 2.05) is 0 Å². The minimum absolute atomic E-state index is 0.915. The van der Waals surface area contributed by atoms with Gasteiger partial charge in [0.05, 0.1) is 0 Å². The zero-order valence-electron chi connectivity index (χ0n) is 9.39. The molecule has 0 aromatic carbocycles. The maximum atomic E-state index is 4.36. The number of rotatable bonds is 3. The molecule has 1 aromatic heterocycles. The van der Waals surface area contributed by atoms with E-state index >= 15 is 0 Å². The van der Waals surface area contributed by atoms with Gasteiger partial charge in [-0.1, -0.05) is 45.1 Å². The summed E-state index contributed by atoms with van der Waals surface area (Å²) in [6, 6.07) is 1.29. The minimum Gasteiger partial charge on any atom is -0.227 e. The van der Waals surface area contributed by atoms with Crippen molar-refractivity contribution in [2.45, 2.75) is 50.6 Å².